The molecule has 0 aromatic heterocycles. The molecule has 0 saturated carbocycles. The Hall–Kier alpha value is -0.170. The maximum Gasteiger partial charge on any atom is 0.102 e. The fourth-order valence-electron chi connectivity index (χ4n) is 1.02. The maximum atomic E-state index is 4.19. The molecule has 0 saturated heterocycles. The van der Waals surface area contributed by atoms with Crippen molar-refractivity contribution in [3.8, 4) is 0 Å². The second-order valence-electron chi connectivity index (χ2n) is 2.92. The van der Waals surface area contributed by atoms with Crippen LogP contribution in [-0.4, -0.2) is 18.1 Å². The second-order valence-corrected chi connectivity index (χ2v) is 5.02. The highest BCUT2D eigenvalue weighted by Gasteiger charge is 1.99. The van der Waals surface area contributed by atoms with E-state index in [1.165, 1.54) is 3.57 Å². The van der Waals surface area contributed by atoms with E-state index in [0.29, 0.717) is 0 Å². The fourth-order valence-corrected chi connectivity index (χ4v) is 2.40. The molecule has 5 heteroatoms. The van der Waals surface area contributed by atoms with Gasteiger partial charge in [0.25, 0.3) is 0 Å². The smallest absolute Gasteiger partial charge is 0.102 e. The van der Waals surface area contributed by atoms with E-state index < -0.39 is 0 Å². The lowest BCUT2D eigenvalue weighted by molar-refractivity contribution is 0.300. The van der Waals surface area contributed by atoms with Crippen molar-refractivity contribution in [2.24, 2.45) is 10.3 Å². The number of hydrogen-bond donors (Lipinski definition) is 0. The summed E-state index contributed by atoms with van der Waals surface area (Å²) in [6.07, 6.45) is 0. The average Bonchev–Trinajstić information content (AvgIpc) is 2.22. The molecular formula is C10H13BrIN3. The molecule has 0 bridgehead atoms. The molecule has 0 unspecified atom stereocenters. The van der Waals surface area contributed by atoms with Gasteiger partial charge in [0, 0.05) is 21.1 Å². The van der Waals surface area contributed by atoms with Gasteiger partial charge in [-0.05, 0) is 70.6 Å². The van der Waals surface area contributed by atoms with Crippen LogP contribution < -0.4 is 0 Å². The Kier molecular flexibility index (Phi) is 5.52. The van der Waals surface area contributed by atoms with Crippen LogP contribution in [-0.2, 0) is 0 Å². The minimum absolute atomic E-state index is 0.863. The third-order valence-electron chi connectivity index (χ3n) is 1.92. The molecule has 0 atom stereocenters. The number of hydrogen-bond acceptors (Lipinski definition) is 2. The zero-order valence-corrected chi connectivity index (χ0v) is 12.5. The van der Waals surface area contributed by atoms with Gasteiger partial charge in [0.1, 0.15) is 5.69 Å². The Labute approximate surface area is 112 Å². The normalized spacial score (nSPS) is 10.9. The summed E-state index contributed by atoms with van der Waals surface area (Å²) in [5, 5.41) is 10.2. The fraction of sp³-hybridized carbons (Fsp3) is 0.400. The summed E-state index contributed by atoms with van der Waals surface area (Å²) in [6, 6.07) is 6.00. The summed E-state index contributed by atoms with van der Waals surface area (Å²) in [6.45, 7) is 5.88. The zero-order chi connectivity index (χ0) is 11.3. The third kappa shape index (κ3) is 4.06. The number of halogens is 2. The van der Waals surface area contributed by atoms with Gasteiger partial charge in [-0.2, -0.15) is 0 Å². The van der Waals surface area contributed by atoms with Crippen molar-refractivity contribution in [1.82, 2.24) is 5.01 Å². The maximum absolute atomic E-state index is 4.19. The van der Waals surface area contributed by atoms with E-state index in [9.17, 15) is 0 Å². The van der Waals surface area contributed by atoms with Crippen molar-refractivity contribution in [2.75, 3.05) is 13.1 Å². The van der Waals surface area contributed by atoms with Gasteiger partial charge in [0.05, 0.1) is 0 Å². The Morgan fingerprint density at radius 2 is 2.00 bits per heavy atom. The van der Waals surface area contributed by atoms with Gasteiger partial charge in [0.2, 0.25) is 0 Å². The molecule has 0 amide bonds. The van der Waals surface area contributed by atoms with Crippen LogP contribution in [0.4, 0.5) is 5.69 Å². The molecule has 0 radical (unpaired) electrons. The van der Waals surface area contributed by atoms with Crippen molar-refractivity contribution in [3.05, 3.63) is 26.2 Å². The summed E-state index contributed by atoms with van der Waals surface area (Å²) in [4.78, 5) is 0. The van der Waals surface area contributed by atoms with E-state index >= 15 is 0 Å². The summed E-state index contributed by atoms with van der Waals surface area (Å²) in [7, 11) is 0. The van der Waals surface area contributed by atoms with Gasteiger partial charge < -0.3 is 0 Å². The summed E-state index contributed by atoms with van der Waals surface area (Å²) >= 11 is 5.73. The van der Waals surface area contributed by atoms with Crippen LogP contribution >= 0.6 is 38.5 Å². The summed E-state index contributed by atoms with van der Waals surface area (Å²) < 4.78 is 2.16. The molecule has 0 aliphatic heterocycles. The molecule has 3 nitrogen and oxygen atoms in total. The Bertz CT molecular complexity index is 351. The standard InChI is InChI=1S/C10H13BrIN3/c1-3-15(4-2)14-13-10-6-5-8(12)7-9(10)11/h5-7H,3-4H2,1-2H3/b14-13+. The van der Waals surface area contributed by atoms with Crippen molar-refractivity contribution in [2.45, 2.75) is 13.8 Å². The van der Waals surface area contributed by atoms with Gasteiger partial charge in [0.15, 0.2) is 0 Å². The second kappa shape index (κ2) is 6.42. The van der Waals surface area contributed by atoms with E-state index in [0.717, 1.165) is 23.2 Å². The average molecular weight is 382 g/mol. The van der Waals surface area contributed by atoms with Crippen LogP contribution in [0.2, 0.25) is 0 Å². The van der Waals surface area contributed by atoms with E-state index in [4.69, 9.17) is 0 Å². The molecule has 0 aliphatic carbocycles. The Balaban J connectivity index is 2.80. The first-order chi connectivity index (χ1) is 7.17. The lowest BCUT2D eigenvalue weighted by Crippen LogP contribution is -2.14. The van der Waals surface area contributed by atoms with E-state index in [1.54, 1.807) is 0 Å². The number of nitrogens with zero attached hydrogens (tertiary/aromatic N) is 3. The van der Waals surface area contributed by atoms with Gasteiger partial charge in [-0.15, -0.1) is 5.11 Å². The Morgan fingerprint density at radius 3 is 2.53 bits per heavy atom. The quantitative estimate of drug-likeness (QED) is 0.431. The molecule has 82 valence electrons. The highest BCUT2D eigenvalue weighted by atomic mass is 127. The summed E-state index contributed by atoms with van der Waals surface area (Å²) in [5.41, 5.74) is 0.863. The van der Waals surface area contributed by atoms with E-state index in [1.807, 2.05) is 23.2 Å². The van der Waals surface area contributed by atoms with Crippen LogP contribution in [0, 0.1) is 3.57 Å². The molecule has 0 spiro atoms. The van der Waals surface area contributed by atoms with Gasteiger partial charge in [-0.3, -0.25) is 5.01 Å². The van der Waals surface area contributed by atoms with Crippen molar-refractivity contribution < 1.29 is 0 Å². The summed E-state index contributed by atoms with van der Waals surface area (Å²) in [5.74, 6) is 0. The van der Waals surface area contributed by atoms with E-state index in [2.05, 4.69) is 62.7 Å². The van der Waals surface area contributed by atoms with Gasteiger partial charge in [-0.25, -0.2) is 0 Å². The molecule has 1 aromatic rings. The predicted octanol–water partition coefficient (Wildman–Crippen LogP) is 4.39. The van der Waals surface area contributed by atoms with E-state index in [-0.39, 0.29) is 0 Å². The molecule has 15 heavy (non-hydrogen) atoms. The lowest BCUT2D eigenvalue weighted by atomic mass is 10.3. The third-order valence-corrected chi connectivity index (χ3v) is 3.22. The van der Waals surface area contributed by atoms with Crippen molar-refractivity contribution >= 4 is 44.2 Å². The van der Waals surface area contributed by atoms with Crippen molar-refractivity contribution in [1.29, 1.82) is 0 Å². The highest BCUT2D eigenvalue weighted by Crippen LogP contribution is 2.27. The first kappa shape index (κ1) is 12.9. The highest BCUT2D eigenvalue weighted by molar-refractivity contribution is 14.1. The van der Waals surface area contributed by atoms with Crippen LogP contribution in [0.3, 0.4) is 0 Å². The van der Waals surface area contributed by atoms with Crippen molar-refractivity contribution in [3.63, 3.8) is 0 Å². The van der Waals surface area contributed by atoms with Crippen LogP contribution in [0.15, 0.2) is 33.0 Å². The lowest BCUT2D eigenvalue weighted by Gasteiger charge is -2.11. The first-order valence-electron chi connectivity index (χ1n) is 4.79. The largest absolute Gasteiger partial charge is 0.279 e. The van der Waals surface area contributed by atoms with Crippen LogP contribution in [0.5, 0.6) is 0 Å². The molecule has 0 N–H and O–H groups in total. The number of benzene rings is 1. The molecule has 0 fully saturated rings. The predicted molar refractivity (Wildman–Crippen MR) is 74.3 cm³/mol. The molecule has 1 aromatic carbocycles. The van der Waals surface area contributed by atoms with Gasteiger partial charge in [-0.1, -0.05) is 5.22 Å². The molecule has 1 rings (SSSR count). The zero-order valence-electron chi connectivity index (χ0n) is 8.74. The SMILES string of the molecule is CCN(CC)/N=N/c1ccc(I)cc1Br. The Morgan fingerprint density at radius 1 is 1.33 bits per heavy atom. The molecule has 0 heterocycles. The minimum Gasteiger partial charge on any atom is -0.279 e. The molecular weight excluding hydrogens is 369 g/mol. The first-order valence-corrected chi connectivity index (χ1v) is 6.66. The van der Waals surface area contributed by atoms with Crippen LogP contribution in [0.25, 0.3) is 0 Å². The minimum atomic E-state index is 0.863. The monoisotopic (exact) mass is 381 g/mol. The molecule has 0 aliphatic rings. The topological polar surface area (TPSA) is 28.0 Å². The van der Waals surface area contributed by atoms with Crippen LogP contribution in [0.1, 0.15) is 13.8 Å². The van der Waals surface area contributed by atoms with Gasteiger partial charge >= 0.3 is 0 Å². The number of rotatable bonds is 4.